The zero-order chi connectivity index (χ0) is 14.4. The van der Waals surface area contributed by atoms with Gasteiger partial charge in [0.2, 0.25) is 0 Å². The summed E-state index contributed by atoms with van der Waals surface area (Å²) < 4.78 is 0. The van der Waals surface area contributed by atoms with Crippen LogP contribution in [0.5, 0.6) is 0 Å². The lowest BCUT2D eigenvalue weighted by atomic mass is 10.1. The van der Waals surface area contributed by atoms with E-state index in [1.807, 2.05) is 6.92 Å². The normalized spacial score (nSPS) is 11.3. The molecule has 1 N–H and O–H groups in total. The number of carbonyl (C=O) groups excluding carboxylic acids is 1. The van der Waals surface area contributed by atoms with Crippen LogP contribution in [-0.2, 0) is 6.42 Å². The Morgan fingerprint density at radius 3 is 2.53 bits per heavy atom. The molecule has 0 unspecified atom stereocenters. The molecule has 0 saturated carbocycles. The van der Waals surface area contributed by atoms with Gasteiger partial charge in [-0.05, 0) is 31.6 Å². The third kappa shape index (κ3) is 5.72. The van der Waals surface area contributed by atoms with Crippen molar-refractivity contribution in [2.75, 3.05) is 6.54 Å². The number of hydrogen-bond donors (Lipinski definition) is 1. The van der Waals surface area contributed by atoms with Gasteiger partial charge in [-0.15, -0.1) is 11.3 Å². The van der Waals surface area contributed by atoms with Crippen molar-refractivity contribution in [3.63, 3.8) is 0 Å². The van der Waals surface area contributed by atoms with Crippen molar-refractivity contribution in [1.29, 1.82) is 0 Å². The van der Waals surface area contributed by atoms with E-state index < -0.39 is 0 Å². The zero-order valence-electron chi connectivity index (χ0n) is 12.7. The molecule has 108 valence electrons. The average Bonchev–Trinajstić information content (AvgIpc) is 2.64. The van der Waals surface area contributed by atoms with Crippen LogP contribution in [0.1, 0.15) is 60.9 Å². The molecule has 0 saturated heterocycles. The second-order valence-electron chi connectivity index (χ2n) is 5.91. The molecule has 19 heavy (non-hydrogen) atoms. The quantitative estimate of drug-likeness (QED) is 0.773. The Balaban J connectivity index is 2.50. The van der Waals surface area contributed by atoms with Crippen LogP contribution in [-0.4, -0.2) is 17.4 Å². The van der Waals surface area contributed by atoms with E-state index in [-0.39, 0.29) is 5.91 Å². The maximum absolute atomic E-state index is 12.1. The molecule has 1 aromatic heterocycles. The highest BCUT2D eigenvalue weighted by atomic mass is 32.1. The fourth-order valence-electron chi connectivity index (χ4n) is 1.89. The second-order valence-corrected chi connectivity index (χ2v) is 7.00. The number of thiazole rings is 1. The second kappa shape index (κ2) is 7.63. The Bertz CT molecular complexity index is 410. The van der Waals surface area contributed by atoms with E-state index in [4.69, 9.17) is 0 Å². The van der Waals surface area contributed by atoms with Crippen molar-refractivity contribution in [3.05, 3.63) is 15.6 Å². The van der Waals surface area contributed by atoms with E-state index in [9.17, 15) is 4.79 Å². The standard InChI is InChI=1S/C15H26N2OS/c1-10(2)7-6-8-16-15(18)14-12(5)17-13(19-14)9-11(3)4/h10-11H,6-9H2,1-5H3,(H,16,18). The van der Waals surface area contributed by atoms with Crippen LogP contribution in [0, 0.1) is 18.8 Å². The molecule has 1 aromatic rings. The van der Waals surface area contributed by atoms with E-state index >= 15 is 0 Å². The molecule has 3 nitrogen and oxygen atoms in total. The molecule has 0 aliphatic carbocycles. The number of rotatable bonds is 7. The number of amides is 1. The largest absolute Gasteiger partial charge is 0.351 e. The highest BCUT2D eigenvalue weighted by molar-refractivity contribution is 7.13. The number of hydrogen-bond acceptors (Lipinski definition) is 3. The summed E-state index contributed by atoms with van der Waals surface area (Å²) in [4.78, 5) is 17.3. The first-order valence-corrected chi connectivity index (χ1v) is 7.96. The lowest BCUT2D eigenvalue weighted by Gasteiger charge is -2.05. The molecule has 0 atom stereocenters. The van der Waals surface area contributed by atoms with Gasteiger partial charge in [0.05, 0.1) is 10.7 Å². The van der Waals surface area contributed by atoms with E-state index in [1.54, 1.807) is 0 Å². The first-order valence-electron chi connectivity index (χ1n) is 7.14. The highest BCUT2D eigenvalue weighted by Crippen LogP contribution is 2.20. The van der Waals surface area contributed by atoms with Gasteiger partial charge in [-0.25, -0.2) is 4.98 Å². The van der Waals surface area contributed by atoms with Gasteiger partial charge in [-0.2, -0.15) is 0 Å². The zero-order valence-corrected chi connectivity index (χ0v) is 13.6. The van der Waals surface area contributed by atoms with Crippen LogP contribution in [0.25, 0.3) is 0 Å². The first-order chi connectivity index (χ1) is 8.90. The number of nitrogens with one attached hydrogen (secondary N) is 1. The van der Waals surface area contributed by atoms with Gasteiger partial charge in [0, 0.05) is 13.0 Å². The van der Waals surface area contributed by atoms with Crippen molar-refractivity contribution in [2.24, 2.45) is 11.8 Å². The minimum absolute atomic E-state index is 0.0359. The molecule has 0 fully saturated rings. The van der Waals surface area contributed by atoms with Crippen LogP contribution in [0.15, 0.2) is 0 Å². The molecular formula is C15H26N2OS. The number of carbonyl (C=O) groups is 1. The van der Waals surface area contributed by atoms with E-state index in [2.05, 4.69) is 38.0 Å². The van der Waals surface area contributed by atoms with Crippen LogP contribution in [0.4, 0.5) is 0 Å². The Kier molecular flexibility index (Phi) is 6.49. The molecule has 0 aliphatic rings. The molecule has 0 spiro atoms. The van der Waals surface area contributed by atoms with Gasteiger partial charge in [-0.1, -0.05) is 27.7 Å². The van der Waals surface area contributed by atoms with Crippen LogP contribution in [0.3, 0.4) is 0 Å². The van der Waals surface area contributed by atoms with Crippen LogP contribution in [0.2, 0.25) is 0 Å². The summed E-state index contributed by atoms with van der Waals surface area (Å²) in [6.07, 6.45) is 3.15. The minimum Gasteiger partial charge on any atom is -0.351 e. The van der Waals surface area contributed by atoms with Gasteiger partial charge < -0.3 is 5.32 Å². The maximum Gasteiger partial charge on any atom is 0.263 e. The van der Waals surface area contributed by atoms with Crippen molar-refractivity contribution in [3.8, 4) is 0 Å². The van der Waals surface area contributed by atoms with Gasteiger partial charge in [0.25, 0.3) is 5.91 Å². The van der Waals surface area contributed by atoms with E-state index in [0.717, 1.165) is 41.4 Å². The van der Waals surface area contributed by atoms with Crippen LogP contribution >= 0.6 is 11.3 Å². The van der Waals surface area contributed by atoms with Gasteiger partial charge >= 0.3 is 0 Å². The van der Waals surface area contributed by atoms with Crippen molar-refractivity contribution < 1.29 is 4.79 Å². The van der Waals surface area contributed by atoms with Crippen molar-refractivity contribution >= 4 is 17.2 Å². The lowest BCUT2D eigenvalue weighted by molar-refractivity contribution is 0.0956. The van der Waals surface area contributed by atoms with Gasteiger partial charge in [0.1, 0.15) is 4.88 Å². The Labute approximate surface area is 120 Å². The fourth-order valence-corrected chi connectivity index (χ4v) is 3.09. The number of aromatic nitrogens is 1. The minimum atomic E-state index is 0.0359. The smallest absolute Gasteiger partial charge is 0.263 e. The van der Waals surface area contributed by atoms with Crippen molar-refractivity contribution in [2.45, 2.75) is 53.9 Å². The van der Waals surface area contributed by atoms with Crippen LogP contribution < -0.4 is 5.32 Å². The van der Waals surface area contributed by atoms with Gasteiger partial charge in [0.15, 0.2) is 0 Å². The molecule has 1 amide bonds. The summed E-state index contributed by atoms with van der Waals surface area (Å²) in [5, 5.41) is 4.06. The predicted molar refractivity (Wildman–Crippen MR) is 81.8 cm³/mol. The SMILES string of the molecule is Cc1nc(CC(C)C)sc1C(=O)NCCCC(C)C. The summed E-state index contributed by atoms with van der Waals surface area (Å²) in [6, 6.07) is 0. The van der Waals surface area contributed by atoms with Crippen molar-refractivity contribution in [1.82, 2.24) is 10.3 Å². The molecule has 1 heterocycles. The number of nitrogens with zero attached hydrogens (tertiary/aromatic N) is 1. The molecular weight excluding hydrogens is 256 g/mol. The Hall–Kier alpha value is -0.900. The molecule has 0 aromatic carbocycles. The molecule has 0 radical (unpaired) electrons. The molecule has 1 rings (SSSR count). The Morgan fingerprint density at radius 2 is 1.95 bits per heavy atom. The third-order valence-corrected chi connectivity index (χ3v) is 4.05. The predicted octanol–water partition coefficient (Wildman–Crippen LogP) is 3.82. The van der Waals surface area contributed by atoms with Gasteiger partial charge in [-0.3, -0.25) is 4.79 Å². The molecule has 4 heteroatoms. The monoisotopic (exact) mass is 282 g/mol. The fraction of sp³-hybridized carbons (Fsp3) is 0.733. The molecule has 0 bridgehead atoms. The average molecular weight is 282 g/mol. The summed E-state index contributed by atoms with van der Waals surface area (Å²) in [7, 11) is 0. The summed E-state index contributed by atoms with van der Waals surface area (Å²) in [6.45, 7) is 11.4. The van der Waals surface area contributed by atoms with E-state index in [1.165, 1.54) is 11.3 Å². The summed E-state index contributed by atoms with van der Waals surface area (Å²) in [5.74, 6) is 1.31. The molecule has 0 aliphatic heterocycles. The van der Waals surface area contributed by atoms with E-state index in [0.29, 0.717) is 11.8 Å². The number of aryl methyl sites for hydroxylation is 1. The maximum atomic E-state index is 12.1. The topological polar surface area (TPSA) is 42.0 Å². The summed E-state index contributed by atoms with van der Waals surface area (Å²) >= 11 is 1.54. The lowest BCUT2D eigenvalue weighted by Crippen LogP contribution is -2.24. The summed E-state index contributed by atoms with van der Waals surface area (Å²) in [5.41, 5.74) is 0.863. The Morgan fingerprint density at radius 1 is 1.26 bits per heavy atom. The first kappa shape index (κ1) is 16.2. The third-order valence-electron chi connectivity index (χ3n) is 2.87. The highest BCUT2D eigenvalue weighted by Gasteiger charge is 2.15.